The van der Waals surface area contributed by atoms with Crippen molar-refractivity contribution < 1.29 is 23.2 Å². The highest BCUT2D eigenvalue weighted by atomic mass is 32.2. The summed E-state index contributed by atoms with van der Waals surface area (Å²) in [7, 11) is -4.10. The molecule has 0 aliphatic heterocycles. The van der Waals surface area contributed by atoms with Gasteiger partial charge in [-0.25, -0.2) is 0 Å². The quantitative estimate of drug-likeness (QED) is 0.535. The fraction of sp³-hybridized carbons (Fsp3) is 1.00. The minimum absolute atomic E-state index is 0.0481. The minimum Gasteiger partial charge on any atom is -0.396 e. The molecule has 0 amide bonds. The first kappa shape index (κ1) is 14.8. The fourth-order valence-electron chi connectivity index (χ4n) is 1.49. The number of rotatable bonds is 8. The molecule has 0 aromatic heterocycles. The van der Waals surface area contributed by atoms with Gasteiger partial charge in [0.25, 0.3) is 10.1 Å². The molecule has 6 heteroatoms. The Balaban J connectivity index is 3.82. The molecule has 0 heterocycles. The van der Waals surface area contributed by atoms with Crippen LogP contribution in [-0.4, -0.2) is 41.6 Å². The van der Waals surface area contributed by atoms with Crippen LogP contribution >= 0.6 is 0 Å². The van der Waals surface area contributed by atoms with Crippen LogP contribution in [0.25, 0.3) is 0 Å². The van der Waals surface area contributed by atoms with Crippen molar-refractivity contribution in [2.75, 3.05) is 12.4 Å². The maximum Gasteiger partial charge on any atom is 0.267 e. The molecule has 5 nitrogen and oxygen atoms in total. The van der Waals surface area contributed by atoms with Crippen molar-refractivity contribution in [3.8, 4) is 0 Å². The first-order chi connectivity index (χ1) is 6.89. The van der Waals surface area contributed by atoms with E-state index >= 15 is 0 Å². The lowest BCUT2D eigenvalue weighted by Crippen LogP contribution is -2.21. The zero-order valence-electron chi connectivity index (χ0n) is 8.96. The molecule has 0 aliphatic carbocycles. The van der Waals surface area contributed by atoms with E-state index in [1.807, 2.05) is 6.92 Å². The van der Waals surface area contributed by atoms with Crippen LogP contribution in [0.5, 0.6) is 0 Å². The summed E-state index contributed by atoms with van der Waals surface area (Å²) in [6, 6.07) is 0. The molecule has 0 aromatic rings. The molecular formula is C9H20O5S. The highest BCUT2D eigenvalue weighted by molar-refractivity contribution is 7.85. The van der Waals surface area contributed by atoms with E-state index in [-0.39, 0.29) is 18.9 Å². The van der Waals surface area contributed by atoms with Gasteiger partial charge in [0.2, 0.25) is 0 Å². The normalized spacial score (nSPS) is 16.3. The second kappa shape index (κ2) is 7.16. The third-order valence-electron chi connectivity index (χ3n) is 2.27. The maximum absolute atomic E-state index is 10.4. The lowest BCUT2D eigenvalue weighted by Gasteiger charge is -2.15. The van der Waals surface area contributed by atoms with Gasteiger partial charge in [-0.05, 0) is 25.2 Å². The smallest absolute Gasteiger partial charge is 0.267 e. The van der Waals surface area contributed by atoms with E-state index in [2.05, 4.69) is 0 Å². The Morgan fingerprint density at radius 2 is 1.80 bits per heavy atom. The van der Waals surface area contributed by atoms with Crippen molar-refractivity contribution in [3.63, 3.8) is 0 Å². The molecule has 2 unspecified atom stereocenters. The van der Waals surface area contributed by atoms with Gasteiger partial charge in [0.1, 0.15) is 5.75 Å². The number of aliphatic hydroxyl groups excluding tert-OH is 2. The summed E-state index contributed by atoms with van der Waals surface area (Å²) in [5.74, 6) is -0.525. The average molecular weight is 240 g/mol. The number of hydrogen-bond acceptors (Lipinski definition) is 4. The van der Waals surface area contributed by atoms with Gasteiger partial charge in [-0.2, -0.15) is 8.42 Å². The minimum atomic E-state index is -4.10. The molecule has 2 atom stereocenters. The van der Waals surface area contributed by atoms with Gasteiger partial charge in [0, 0.05) is 6.61 Å². The van der Waals surface area contributed by atoms with Crippen LogP contribution in [0.3, 0.4) is 0 Å². The second-order valence-corrected chi connectivity index (χ2v) is 5.31. The summed E-state index contributed by atoms with van der Waals surface area (Å²) in [4.78, 5) is 0. The Morgan fingerprint density at radius 3 is 2.20 bits per heavy atom. The highest BCUT2D eigenvalue weighted by Crippen LogP contribution is 2.14. The molecule has 0 fully saturated rings. The first-order valence-corrected chi connectivity index (χ1v) is 6.74. The molecule has 3 N–H and O–H groups in total. The van der Waals surface area contributed by atoms with Crippen molar-refractivity contribution >= 4 is 10.1 Å². The molecule has 0 spiro atoms. The van der Waals surface area contributed by atoms with Gasteiger partial charge in [-0.15, -0.1) is 0 Å². The van der Waals surface area contributed by atoms with E-state index in [9.17, 15) is 13.5 Å². The lowest BCUT2D eigenvalue weighted by molar-refractivity contribution is 0.152. The van der Waals surface area contributed by atoms with Crippen LogP contribution in [0.15, 0.2) is 0 Å². The zero-order chi connectivity index (χ0) is 11.9. The van der Waals surface area contributed by atoms with E-state index in [0.717, 1.165) is 12.8 Å². The van der Waals surface area contributed by atoms with Crippen molar-refractivity contribution in [1.82, 2.24) is 0 Å². The van der Waals surface area contributed by atoms with Crippen LogP contribution < -0.4 is 0 Å². The van der Waals surface area contributed by atoms with Crippen molar-refractivity contribution in [3.05, 3.63) is 0 Å². The molecule has 0 rings (SSSR count). The zero-order valence-corrected chi connectivity index (χ0v) is 9.78. The Morgan fingerprint density at radius 1 is 1.20 bits per heavy atom. The van der Waals surface area contributed by atoms with E-state index in [1.165, 1.54) is 0 Å². The van der Waals surface area contributed by atoms with Crippen LogP contribution in [0.4, 0.5) is 0 Å². The molecular weight excluding hydrogens is 220 g/mol. The molecule has 0 aromatic carbocycles. The van der Waals surface area contributed by atoms with E-state index in [1.54, 1.807) is 0 Å². The Kier molecular flexibility index (Phi) is 7.08. The Bertz CT molecular complexity index is 249. The molecule has 92 valence electrons. The van der Waals surface area contributed by atoms with Crippen LogP contribution in [-0.2, 0) is 10.1 Å². The lowest BCUT2D eigenvalue weighted by atomic mass is 9.97. The summed E-state index contributed by atoms with van der Waals surface area (Å²) < 4.78 is 29.3. The van der Waals surface area contributed by atoms with Gasteiger partial charge < -0.3 is 10.2 Å². The predicted octanol–water partition coefficient (Wildman–Crippen LogP) is 0.424. The Labute approximate surface area is 90.9 Å². The predicted molar refractivity (Wildman–Crippen MR) is 57.1 cm³/mol. The monoisotopic (exact) mass is 240 g/mol. The first-order valence-electron chi connectivity index (χ1n) is 5.13. The average Bonchev–Trinajstić information content (AvgIpc) is 2.09. The van der Waals surface area contributed by atoms with Crippen LogP contribution in [0.2, 0.25) is 0 Å². The number of hydrogen-bond donors (Lipinski definition) is 3. The molecule has 0 bridgehead atoms. The van der Waals surface area contributed by atoms with Gasteiger partial charge in [0.15, 0.2) is 0 Å². The summed E-state index contributed by atoms with van der Waals surface area (Å²) >= 11 is 0. The SMILES string of the molecule is CCCC(CO)CCC(O)CS(=O)(=O)O. The van der Waals surface area contributed by atoms with Gasteiger partial charge in [0.05, 0.1) is 6.10 Å². The van der Waals surface area contributed by atoms with Gasteiger partial charge in [-0.3, -0.25) is 4.55 Å². The summed E-state index contributed by atoms with van der Waals surface area (Å²) in [5.41, 5.74) is 0. The summed E-state index contributed by atoms with van der Waals surface area (Å²) in [5, 5.41) is 18.2. The van der Waals surface area contributed by atoms with Crippen molar-refractivity contribution in [2.45, 2.75) is 38.7 Å². The molecule has 15 heavy (non-hydrogen) atoms. The second-order valence-electron chi connectivity index (χ2n) is 3.82. The molecule has 0 saturated carbocycles. The highest BCUT2D eigenvalue weighted by Gasteiger charge is 2.16. The van der Waals surface area contributed by atoms with Crippen molar-refractivity contribution in [2.24, 2.45) is 5.92 Å². The summed E-state index contributed by atoms with van der Waals surface area (Å²) in [6.07, 6.45) is 1.60. The van der Waals surface area contributed by atoms with Gasteiger partial charge >= 0.3 is 0 Å². The molecule has 0 radical (unpaired) electrons. The Hall–Kier alpha value is -0.170. The van der Waals surface area contributed by atoms with Crippen LogP contribution in [0.1, 0.15) is 32.6 Å². The van der Waals surface area contributed by atoms with E-state index in [4.69, 9.17) is 9.66 Å². The molecule has 0 aliphatic rings. The van der Waals surface area contributed by atoms with E-state index < -0.39 is 22.0 Å². The summed E-state index contributed by atoms with van der Waals surface area (Å²) in [6.45, 7) is 2.05. The fourth-order valence-corrected chi connectivity index (χ4v) is 2.14. The van der Waals surface area contributed by atoms with E-state index in [0.29, 0.717) is 6.42 Å². The standard InChI is InChI=1S/C9H20O5S/c1-2-3-8(6-10)4-5-9(11)7-15(12,13)14/h8-11H,2-7H2,1H3,(H,12,13,14). The molecule has 0 saturated heterocycles. The van der Waals surface area contributed by atoms with Crippen molar-refractivity contribution in [1.29, 1.82) is 0 Å². The topological polar surface area (TPSA) is 94.8 Å². The van der Waals surface area contributed by atoms with Crippen LogP contribution in [0, 0.1) is 5.92 Å². The largest absolute Gasteiger partial charge is 0.396 e. The third-order valence-corrected chi connectivity index (χ3v) is 3.07. The third kappa shape index (κ3) is 8.80. The number of aliphatic hydroxyl groups is 2. The van der Waals surface area contributed by atoms with Gasteiger partial charge in [-0.1, -0.05) is 13.3 Å². The maximum atomic E-state index is 10.4.